The van der Waals surface area contributed by atoms with Crippen LogP contribution in [-0.4, -0.2) is 36.0 Å². The molecule has 2 amide bonds. The number of carbonyl (C=O) groups excluding carboxylic acids is 2. The molecular weight excluding hydrogens is 300 g/mol. The van der Waals surface area contributed by atoms with Gasteiger partial charge in [0.1, 0.15) is 12.4 Å². The van der Waals surface area contributed by atoms with Gasteiger partial charge in [-0.2, -0.15) is 0 Å². The summed E-state index contributed by atoms with van der Waals surface area (Å²) in [4.78, 5) is 33.7. The lowest BCUT2D eigenvalue weighted by molar-refractivity contribution is -0.140. The first-order chi connectivity index (χ1) is 11.0. The van der Waals surface area contributed by atoms with E-state index in [1.54, 1.807) is 6.07 Å². The van der Waals surface area contributed by atoms with Crippen LogP contribution in [0.3, 0.4) is 0 Å². The van der Waals surface area contributed by atoms with Crippen LogP contribution in [0.15, 0.2) is 18.2 Å². The van der Waals surface area contributed by atoms with E-state index in [-0.39, 0.29) is 11.8 Å². The molecule has 1 saturated carbocycles. The SMILES string of the molecule is O=C1CCc2cc(OCCNC(=O)C3CC3C(=O)O)ccc2N1. The van der Waals surface area contributed by atoms with Crippen molar-refractivity contribution in [3.8, 4) is 5.75 Å². The Bertz CT molecular complexity index is 658. The zero-order valence-electron chi connectivity index (χ0n) is 12.5. The zero-order chi connectivity index (χ0) is 16.4. The van der Waals surface area contributed by atoms with Gasteiger partial charge in [0.2, 0.25) is 11.8 Å². The van der Waals surface area contributed by atoms with Crippen LogP contribution in [0.25, 0.3) is 0 Å². The molecule has 1 aliphatic carbocycles. The number of hydrogen-bond donors (Lipinski definition) is 3. The summed E-state index contributed by atoms with van der Waals surface area (Å²) in [6.45, 7) is 0.636. The van der Waals surface area contributed by atoms with Crippen molar-refractivity contribution in [3.05, 3.63) is 23.8 Å². The van der Waals surface area contributed by atoms with E-state index < -0.39 is 17.8 Å². The van der Waals surface area contributed by atoms with Crippen molar-refractivity contribution in [1.82, 2.24) is 5.32 Å². The third-order valence-electron chi connectivity index (χ3n) is 4.09. The Morgan fingerprint density at radius 1 is 1.30 bits per heavy atom. The van der Waals surface area contributed by atoms with E-state index in [9.17, 15) is 14.4 Å². The second-order valence-electron chi connectivity index (χ2n) is 5.79. The standard InChI is InChI=1S/C16H18N2O5/c19-14-4-1-9-7-10(2-3-13(9)18-14)23-6-5-17-15(20)11-8-12(11)16(21)22/h2-3,7,11-12H,1,4-6,8H2,(H,17,20)(H,18,19)(H,21,22). The molecule has 1 heterocycles. The highest BCUT2D eigenvalue weighted by molar-refractivity contribution is 5.94. The van der Waals surface area contributed by atoms with Crippen molar-refractivity contribution in [2.45, 2.75) is 19.3 Å². The Balaban J connectivity index is 1.42. The fraction of sp³-hybridized carbons (Fsp3) is 0.438. The second-order valence-corrected chi connectivity index (χ2v) is 5.79. The van der Waals surface area contributed by atoms with Gasteiger partial charge in [-0.1, -0.05) is 0 Å². The van der Waals surface area contributed by atoms with Gasteiger partial charge in [0.25, 0.3) is 0 Å². The van der Waals surface area contributed by atoms with Crippen LogP contribution in [0.4, 0.5) is 5.69 Å². The summed E-state index contributed by atoms with van der Waals surface area (Å²) in [6, 6.07) is 5.47. The topological polar surface area (TPSA) is 105 Å². The van der Waals surface area contributed by atoms with Gasteiger partial charge in [-0.3, -0.25) is 14.4 Å². The minimum absolute atomic E-state index is 0.0219. The summed E-state index contributed by atoms with van der Waals surface area (Å²) < 4.78 is 5.58. The van der Waals surface area contributed by atoms with Crippen molar-refractivity contribution >= 4 is 23.5 Å². The molecule has 1 fully saturated rings. The number of carbonyl (C=O) groups is 3. The molecule has 0 spiro atoms. The maximum Gasteiger partial charge on any atom is 0.307 e. The second kappa shape index (κ2) is 6.28. The number of carboxylic acids is 1. The average molecular weight is 318 g/mol. The third kappa shape index (κ3) is 3.61. The van der Waals surface area contributed by atoms with Crippen molar-refractivity contribution in [3.63, 3.8) is 0 Å². The molecule has 0 bridgehead atoms. The maximum atomic E-state index is 11.7. The van der Waals surface area contributed by atoms with Gasteiger partial charge < -0.3 is 20.5 Å². The quantitative estimate of drug-likeness (QED) is 0.673. The van der Waals surface area contributed by atoms with E-state index in [4.69, 9.17) is 9.84 Å². The number of aliphatic carboxylic acids is 1. The fourth-order valence-corrected chi connectivity index (χ4v) is 2.68. The largest absolute Gasteiger partial charge is 0.492 e. The highest BCUT2D eigenvalue weighted by Crippen LogP contribution is 2.38. The lowest BCUT2D eigenvalue weighted by Gasteiger charge is -2.17. The average Bonchev–Trinajstić information content (AvgIpc) is 3.32. The Kier molecular flexibility index (Phi) is 4.18. The molecule has 2 atom stereocenters. The van der Waals surface area contributed by atoms with Gasteiger partial charge in [0.15, 0.2) is 0 Å². The van der Waals surface area contributed by atoms with Crippen molar-refractivity contribution in [2.75, 3.05) is 18.5 Å². The Hall–Kier alpha value is -2.57. The molecule has 2 unspecified atom stereocenters. The summed E-state index contributed by atoms with van der Waals surface area (Å²) in [7, 11) is 0. The number of anilines is 1. The molecule has 3 N–H and O–H groups in total. The van der Waals surface area contributed by atoms with Crippen LogP contribution < -0.4 is 15.4 Å². The van der Waals surface area contributed by atoms with Gasteiger partial charge in [-0.25, -0.2) is 0 Å². The predicted molar refractivity (Wildman–Crippen MR) is 81.1 cm³/mol. The minimum atomic E-state index is -0.914. The number of aryl methyl sites for hydroxylation is 1. The van der Waals surface area contributed by atoms with Crippen LogP contribution in [0.2, 0.25) is 0 Å². The Morgan fingerprint density at radius 2 is 2.13 bits per heavy atom. The molecule has 0 aromatic heterocycles. The molecule has 3 rings (SSSR count). The van der Waals surface area contributed by atoms with Gasteiger partial charge in [-0.05, 0) is 36.6 Å². The molecule has 0 radical (unpaired) electrons. The van der Waals surface area contributed by atoms with Gasteiger partial charge in [-0.15, -0.1) is 0 Å². The number of benzene rings is 1. The first-order valence-corrected chi connectivity index (χ1v) is 7.60. The summed E-state index contributed by atoms with van der Waals surface area (Å²) in [6.07, 6.45) is 1.57. The molecule has 2 aliphatic rings. The van der Waals surface area contributed by atoms with E-state index in [1.165, 1.54) is 0 Å². The smallest absolute Gasteiger partial charge is 0.307 e. The maximum absolute atomic E-state index is 11.7. The summed E-state index contributed by atoms with van der Waals surface area (Å²) in [5.41, 5.74) is 1.85. The van der Waals surface area contributed by atoms with Gasteiger partial charge in [0, 0.05) is 12.1 Å². The van der Waals surface area contributed by atoms with Gasteiger partial charge in [0.05, 0.1) is 18.4 Å². The molecule has 0 saturated heterocycles. The summed E-state index contributed by atoms with van der Waals surface area (Å²) >= 11 is 0. The molecule has 122 valence electrons. The molecule has 23 heavy (non-hydrogen) atoms. The Morgan fingerprint density at radius 3 is 2.87 bits per heavy atom. The molecular formula is C16H18N2O5. The number of ether oxygens (including phenoxy) is 1. The van der Waals surface area contributed by atoms with E-state index in [1.807, 2.05) is 12.1 Å². The van der Waals surface area contributed by atoms with Crippen LogP contribution in [-0.2, 0) is 20.8 Å². The van der Waals surface area contributed by atoms with Crippen LogP contribution in [0.5, 0.6) is 5.75 Å². The summed E-state index contributed by atoms with van der Waals surface area (Å²) in [5, 5.41) is 14.3. The van der Waals surface area contributed by atoms with Crippen molar-refractivity contribution < 1.29 is 24.2 Å². The third-order valence-corrected chi connectivity index (χ3v) is 4.09. The lowest BCUT2D eigenvalue weighted by Crippen LogP contribution is -2.30. The summed E-state index contributed by atoms with van der Waals surface area (Å²) in [5.74, 6) is -1.37. The molecule has 1 aromatic carbocycles. The highest BCUT2D eigenvalue weighted by atomic mass is 16.5. The fourth-order valence-electron chi connectivity index (χ4n) is 2.68. The van der Waals surface area contributed by atoms with Crippen LogP contribution >= 0.6 is 0 Å². The lowest BCUT2D eigenvalue weighted by atomic mass is 10.0. The number of carboxylic acid groups (broad SMARTS) is 1. The number of rotatable bonds is 6. The number of nitrogens with one attached hydrogen (secondary N) is 2. The Labute approximate surface area is 133 Å². The van der Waals surface area contributed by atoms with E-state index >= 15 is 0 Å². The number of fused-ring (bicyclic) bond motifs is 1. The first kappa shape index (κ1) is 15.3. The molecule has 1 aliphatic heterocycles. The van der Waals surface area contributed by atoms with Crippen LogP contribution in [0.1, 0.15) is 18.4 Å². The van der Waals surface area contributed by atoms with Crippen molar-refractivity contribution in [2.24, 2.45) is 11.8 Å². The minimum Gasteiger partial charge on any atom is -0.492 e. The highest BCUT2D eigenvalue weighted by Gasteiger charge is 2.48. The van der Waals surface area contributed by atoms with Crippen LogP contribution in [0, 0.1) is 11.8 Å². The van der Waals surface area contributed by atoms with E-state index in [0.717, 1.165) is 11.3 Å². The zero-order valence-corrected chi connectivity index (χ0v) is 12.5. The molecule has 7 heteroatoms. The molecule has 7 nitrogen and oxygen atoms in total. The first-order valence-electron chi connectivity index (χ1n) is 7.60. The number of hydrogen-bond acceptors (Lipinski definition) is 4. The van der Waals surface area contributed by atoms with E-state index in [2.05, 4.69) is 10.6 Å². The molecule has 1 aromatic rings. The normalized spacial score (nSPS) is 21.8. The number of amides is 2. The van der Waals surface area contributed by atoms with Crippen molar-refractivity contribution in [1.29, 1.82) is 0 Å². The monoisotopic (exact) mass is 318 g/mol. The van der Waals surface area contributed by atoms with E-state index in [0.29, 0.717) is 38.2 Å². The van der Waals surface area contributed by atoms with Gasteiger partial charge >= 0.3 is 5.97 Å². The predicted octanol–water partition coefficient (Wildman–Crippen LogP) is 0.787.